The van der Waals surface area contributed by atoms with Crippen molar-refractivity contribution in [2.45, 2.75) is 64.1 Å². The van der Waals surface area contributed by atoms with Crippen LogP contribution in [0.15, 0.2) is 6.20 Å². The second-order valence-corrected chi connectivity index (χ2v) is 8.18. The number of hydrogen-bond donors (Lipinski definition) is 4. The maximum atomic E-state index is 12.2. The minimum atomic E-state index is -0.592. The van der Waals surface area contributed by atoms with Gasteiger partial charge in [0.1, 0.15) is 5.82 Å². The molecule has 0 atom stereocenters. The molecule has 0 unspecified atom stereocenters. The Balaban J connectivity index is 1.58. The molecule has 0 radical (unpaired) electrons. The lowest BCUT2D eigenvalue weighted by Gasteiger charge is -2.33. The smallest absolute Gasteiger partial charge is 0.254 e. The Labute approximate surface area is 165 Å². The summed E-state index contributed by atoms with van der Waals surface area (Å²) in [5.74, 6) is 0.810. The van der Waals surface area contributed by atoms with Crippen LogP contribution in [-0.4, -0.2) is 63.1 Å². The SMILES string of the molecule is CC(C)CC(=O)N1CCC(Nc2ncc(C(N)=O)c(N[C@H]3C[C@@H](O)C3)n2)CC1. The second kappa shape index (κ2) is 8.72. The number of piperidine rings is 1. The van der Waals surface area contributed by atoms with Gasteiger partial charge in [0.15, 0.2) is 0 Å². The number of nitrogens with two attached hydrogens (primary N) is 1. The van der Waals surface area contributed by atoms with E-state index in [1.807, 2.05) is 4.90 Å². The number of carbonyl (C=O) groups excluding carboxylic acids is 2. The summed E-state index contributed by atoms with van der Waals surface area (Å²) < 4.78 is 0. The minimum Gasteiger partial charge on any atom is -0.393 e. The van der Waals surface area contributed by atoms with E-state index in [0.29, 0.717) is 50.0 Å². The molecule has 3 rings (SSSR count). The molecule has 9 nitrogen and oxygen atoms in total. The molecule has 1 aromatic rings. The monoisotopic (exact) mass is 390 g/mol. The minimum absolute atomic E-state index is 0.0751. The van der Waals surface area contributed by atoms with Crippen molar-refractivity contribution in [1.82, 2.24) is 14.9 Å². The summed E-state index contributed by atoms with van der Waals surface area (Å²) in [6.45, 7) is 5.53. The van der Waals surface area contributed by atoms with E-state index in [4.69, 9.17) is 5.73 Å². The number of likely N-dealkylation sites (tertiary alicyclic amines) is 1. The number of aromatic nitrogens is 2. The lowest BCUT2D eigenvalue weighted by molar-refractivity contribution is -0.132. The standard InChI is InChI=1S/C19H30N6O3/c1-11(2)7-16(27)25-5-3-12(4-6-25)23-19-21-10-15(17(20)28)18(24-19)22-13-8-14(26)9-13/h10-14,26H,3-9H2,1-2H3,(H2,20,28)(H2,21,22,23,24)/t13-,14+. The average Bonchev–Trinajstić information content (AvgIpc) is 2.60. The van der Waals surface area contributed by atoms with Crippen LogP contribution in [0.4, 0.5) is 11.8 Å². The van der Waals surface area contributed by atoms with Crippen molar-refractivity contribution in [3.63, 3.8) is 0 Å². The molecule has 2 heterocycles. The number of rotatable bonds is 7. The third-order valence-corrected chi connectivity index (χ3v) is 5.27. The van der Waals surface area contributed by atoms with Crippen LogP contribution in [0.5, 0.6) is 0 Å². The van der Waals surface area contributed by atoms with Crippen LogP contribution in [0.2, 0.25) is 0 Å². The number of nitrogens with one attached hydrogen (secondary N) is 2. The molecule has 154 valence electrons. The molecule has 1 aliphatic heterocycles. The zero-order valence-corrected chi connectivity index (χ0v) is 16.5. The van der Waals surface area contributed by atoms with E-state index in [2.05, 4.69) is 34.4 Å². The number of aliphatic hydroxyl groups is 1. The van der Waals surface area contributed by atoms with Gasteiger partial charge in [-0.05, 0) is 31.6 Å². The fourth-order valence-corrected chi connectivity index (χ4v) is 3.57. The number of aliphatic hydroxyl groups excluding tert-OH is 1. The molecule has 9 heteroatoms. The van der Waals surface area contributed by atoms with Crippen molar-refractivity contribution in [3.8, 4) is 0 Å². The van der Waals surface area contributed by atoms with E-state index < -0.39 is 5.91 Å². The molecule has 2 amide bonds. The van der Waals surface area contributed by atoms with Gasteiger partial charge in [0.05, 0.1) is 11.7 Å². The van der Waals surface area contributed by atoms with Gasteiger partial charge in [-0.3, -0.25) is 9.59 Å². The summed E-state index contributed by atoms with van der Waals surface area (Å²) >= 11 is 0. The van der Waals surface area contributed by atoms with Crippen molar-refractivity contribution in [2.75, 3.05) is 23.7 Å². The van der Waals surface area contributed by atoms with E-state index in [0.717, 1.165) is 12.8 Å². The Morgan fingerprint density at radius 2 is 1.93 bits per heavy atom. The summed E-state index contributed by atoms with van der Waals surface area (Å²) in [7, 11) is 0. The van der Waals surface area contributed by atoms with Gasteiger partial charge in [-0.2, -0.15) is 4.98 Å². The van der Waals surface area contributed by atoms with Crippen LogP contribution in [-0.2, 0) is 4.79 Å². The molecule has 0 spiro atoms. The zero-order valence-electron chi connectivity index (χ0n) is 16.5. The molecule has 0 bridgehead atoms. The van der Waals surface area contributed by atoms with E-state index in [1.165, 1.54) is 6.20 Å². The average molecular weight is 390 g/mol. The molecule has 28 heavy (non-hydrogen) atoms. The van der Waals surface area contributed by atoms with Crippen LogP contribution < -0.4 is 16.4 Å². The van der Waals surface area contributed by atoms with Gasteiger partial charge < -0.3 is 26.4 Å². The van der Waals surface area contributed by atoms with Gasteiger partial charge in [-0.25, -0.2) is 4.98 Å². The van der Waals surface area contributed by atoms with Crippen molar-refractivity contribution in [1.29, 1.82) is 0 Å². The Kier molecular flexibility index (Phi) is 6.33. The first-order valence-corrected chi connectivity index (χ1v) is 9.97. The highest BCUT2D eigenvalue weighted by Crippen LogP contribution is 2.25. The van der Waals surface area contributed by atoms with Gasteiger partial charge >= 0.3 is 0 Å². The van der Waals surface area contributed by atoms with Crippen LogP contribution >= 0.6 is 0 Å². The van der Waals surface area contributed by atoms with Gasteiger partial charge in [-0.15, -0.1) is 0 Å². The fraction of sp³-hybridized carbons (Fsp3) is 0.684. The van der Waals surface area contributed by atoms with Gasteiger partial charge in [0.2, 0.25) is 11.9 Å². The van der Waals surface area contributed by atoms with E-state index in [1.54, 1.807) is 0 Å². The first-order chi connectivity index (χ1) is 13.3. The van der Waals surface area contributed by atoms with Crippen LogP contribution in [0.25, 0.3) is 0 Å². The molecule has 1 aliphatic carbocycles. The predicted octanol–water partition coefficient (Wildman–Crippen LogP) is 0.960. The Morgan fingerprint density at radius 1 is 1.25 bits per heavy atom. The quantitative estimate of drug-likeness (QED) is 0.545. The summed E-state index contributed by atoms with van der Waals surface area (Å²) in [5.41, 5.74) is 5.66. The van der Waals surface area contributed by atoms with Crippen molar-refractivity contribution in [2.24, 2.45) is 11.7 Å². The highest BCUT2D eigenvalue weighted by molar-refractivity contribution is 5.97. The van der Waals surface area contributed by atoms with Crippen LogP contribution in [0.3, 0.4) is 0 Å². The molecule has 1 saturated heterocycles. The predicted molar refractivity (Wildman–Crippen MR) is 106 cm³/mol. The molecule has 5 N–H and O–H groups in total. The van der Waals surface area contributed by atoms with Gasteiger partial charge in [0, 0.05) is 37.8 Å². The number of primary amides is 1. The summed E-state index contributed by atoms with van der Waals surface area (Å²) in [4.78, 5) is 34.4. The third kappa shape index (κ3) is 5.09. The molecular weight excluding hydrogens is 360 g/mol. The number of nitrogens with zero attached hydrogens (tertiary/aromatic N) is 3. The Hall–Kier alpha value is -2.42. The summed E-state index contributed by atoms with van der Waals surface area (Å²) in [6.07, 6.45) is 4.58. The fourth-order valence-electron chi connectivity index (χ4n) is 3.57. The number of anilines is 2. The molecule has 1 saturated carbocycles. The lowest BCUT2D eigenvalue weighted by atomic mass is 9.89. The maximum absolute atomic E-state index is 12.2. The first kappa shape index (κ1) is 20.3. The number of hydrogen-bond acceptors (Lipinski definition) is 7. The Bertz CT molecular complexity index is 712. The number of carbonyl (C=O) groups is 2. The zero-order chi connectivity index (χ0) is 20.3. The summed E-state index contributed by atoms with van der Waals surface area (Å²) in [6, 6.07) is 0.243. The maximum Gasteiger partial charge on any atom is 0.254 e. The van der Waals surface area contributed by atoms with E-state index >= 15 is 0 Å². The van der Waals surface area contributed by atoms with Crippen molar-refractivity contribution in [3.05, 3.63) is 11.8 Å². The summed E-state index contributed by atoms with van der Waals surface area (Å²) in [5, 5.41) is 15.9. The largest absolute Gasteiger partial charge is 0.393 e. The van der Waals surface area contributed by atoms with Crippen LogP contribution in [0.1, 0.15) is 56.3 Å². The first-order valence-electron chi connectivity index (χ1n) is 9.97. The Morgan fingerprint density at radius 3 is 2.50 bits per heavy atom. The molecule has 0 aromatic carbocycles. The van der Waals surface area contributed by atoms with Crippen LogP contribution in [0, 0.1) is 5.92 Å². The highest BCUT2D eigenvalue weighted by atomic mass is 16.3. The molecular formula is C19H30N6O3. The topological polar surface area (TPSA) is 133 Å². The van der Waals surface area contributed by atoms with E-state index in [-0.39, 0.29) is 29.7 Å². The number of amides is 2. The molecule has 1 aromatic heterocycles. The normalized spacial score (nSPS) is 22.6. The molecule has 2 aliphatic rings. The molecule has 2 fully saturated rings. The highest BCUT2D eigenvalue weighted by Gasteiger charge is 2.29. The lowest BCUT2D eigenvalue weighted by Crippen LogP contribution is -2.43. The van der Waals surface area contributed by atoms with E-state index in [9.17, 15) is 14.7 Å². The van der Waals surface area contributed by atoms with Crippen molar-refractivity contribution < 1.29 is 14.7 Å². The third-order valence-electron chi connectivity index (χ3n) is 5.27. The van der Waals surface area contributed by atoms with Gasteiger partial charge in [-0.1, -0.05) is 13.8 Å². The van der Waals surface area contributed by atoms with Gasteiger partial charge in [0.25, 0.3) is 5.91 Å². The second-order valence-electron chi connectivity index (χ2n) is 8.18. The van der Waals surface area contributed by atoms with Crippen molar-refractivity contribution >= 4 is 23.6 Å².